The van der Waals surface area contributed by atoms with E-state index in [-0.39, 0.29) is 31.0 Å². The molecular weight excluding hydrogens is 332 g/mol. The van der Waals surface area contributed by atoms with Gasteiger partial charge in [0.15, 0.2) is 0 Å². The number of hydrogen-bond donors (Lipinski definition) is 1. The Hall–Kier alpha value is -1.95. The van der Waals surface area contributed by atoms with Crippen molar-refractivity contribution in [3.05, 3.63) is 23.8 Å². The number of alkyl halides is 1. The topological polar surface area (TPSA) is 67.9 Å². The van der Waals surface area contributed by atoms with E-state index in [4.69, 9.17) is 21.1 Å². The van der Waals surface area contributed by atoms with Gasteiger partial charge in [-0.25, -0.2) is 4.79 Å². The molecule has 0 saturated carbocycles. The lowest BCUT2D eigenvalue weighted by molar-refractivity contribution is -0.161. The summed E-state index contributed by atoms with van der Waals surface area (Å²) in [5.74, 6) is 0.432. The number of carbonyl (C=O) groups is 2. The normalized spacial score (nSPS) is 15.4. The SMILES string of the molecule is CCOC(=O)C1(CCl)CN(C(=O)Nc2cccc(CC)c2OC)C1. The lowest BCUT2D eigenvalue weighted by atomic mass is 9.82. The number of anilines is 1. The van der Waals surface area contributed by atoms with Gasteiger partial charge in [0, 0.05) is 19.0 Å². The summed E-state index contributed by atoms with van der Waals surface area (Å²) in [6.07, 6.45) is 0.800. The molecule has 1 aromatic rings. The van der Waals surface area contributed by atoms with Crippen LogP contribution in [0, 0.1) is 5.41 Å². The summed E-state index contributed by atoms with van der Waals surface area (Å²) in [5, 5.41) is 2.84. The highest BCUT2D eigenvalue weighted by atomic mass is 35.5. The van der Waals surface area contributed by atoms with Crippen LogP contribution in [0.1, 0.15) is 19.4 Å². The van der Waals surface area contributed by atoms with Gasteiger partial charge in [-0.2, -0.15) is 0 Å². The lowest BCUT2D eigenvalue weighted by Gasteiger charge is -2.46. The van der Waals surface area contributed by atoms with Crippen molar-refractivity contribution in [3.8, 4) is 5.75 Å². The number of nitrogens with one attached hydrogen (secondary N) is 1. The number of para-hydroxylation sites is 1. The van der Waals surface area contributed by atoms with E-state index in [2.05, 4.69) is 5.32 Å². The highest BCUT2D eigenvalue weighted by Gasteiger charge is 2.51. The third-order valence-electron chi connectivity index (χ3n) is 4.16. The van der Waals surface area contributed by atoms with E-state index in [9.17, 15) is 9.59 Å². The van der Waals surface area contributed by atoms with Crippen LogP contribution in [-0.2, 0) is 16.0 Å². The van der Waals surface area contributed by atoms with Crippen LogP contribution in [0.3, 0.4) is 0 Å². The fraction of sp³-hybridized carbons (Fsp3) is 0.529. The first-order valence-corrected chi connectivity index (χ1v) is 8.49. The number of likely N-dealkylation sites (tertiary alicyclic amines) is 1. The number of carbonyl (C=O) groups excluding carboxylic acids is 2. The molecular formula is C17H23ClN2O4. The minimum absolute atomic E-state index is 0.129. The van der Waals surface area contributed by atoms with Crippen LogP contribution >= 0.6 is 11.6 Å². The number of hydrogen-bond acceptors (Lipinski definition) is 4. The fourth-order valence-corrected chi connectivity index (χ4v) is 3.06. The van der Waals surface area contributed by atoms with Crippen LogP contribution in [0.25, 0.3) is 0 Å². The second kappa shape index (κ2) is 7.75. The van der Waals surface area contributed by atoms with Crippen molar-refractivity contribution in [2.45, 2.75) is 20.3 Å². The zero-order chi connectivity index (χ0) is 17.7. The van der Waals surface area contributed by atoms with Crippen LogP contribution in [0.15, 0.2) is 18.2 Å². The zero-order valence-electron chi connectivity index (χ0n) is 14.2. The number of benzene rings is 1. The van der Waals surface area contributed by atoms with Crippen molar-refractivity contribution in [2.24, 2.45) is 5.41 Å². The van der Waals surface area contributed by atoms with Crippen molar-refractivity contribution < 1.29 is 19.1 Å². The maximum absolute atomic E-state index is 12.4. The van der Waals surface area contributed by atoms with Crippen molar-refractivity contribution in [1.29, 1.82) is 0 Å². The molecule has 1 aliphatic heterocycles. The first kappa shape index (κ1) is 18.4. The Morgan fingerprint density at radius 2 is 2.04 bits per heavy atom. The maximum Gasteiger partial charge on any atom is 0.322 e. The third-order valence-corrected chi connectivity index (χ3v) is 4.67. The first-order chi connectivity index (χ1) is 11.5. The molecule has 2 amide bonds. The molecule has 132 valence electrons. The Kier molecular flexibility index (Phi) is 5.94. The van der Waals surface area contributed by atoms with E-state index in [0.29, 0.717) is 18.0 Å². The Bertz CT molecular complexity index is 615. The number of amides is 2. The second-order valence-electron chi connectivity index (χ2n) is 5.77. The Morgan fingerprint density at radius 1 is 1.33 bits per heavy atom. The standard InChI is InChI=1S/C17H23ClN2O4/c1-4-12-7-6-8-13(14(12)23-3)19-16(22)20-10-17(9-18,11-20)15(21)24-5-2/h6-8H,4-5,9-11H2,1-3H3,(H,19,22). The summed E-state index contributed by atoms with van der Waals surface area (Å²) in [7, 11) is 1.58. The smallest absolute Gasteiger partial charge is 0.322 e. The number of methoxy groups -OCH3 is 1. The van der Waals surface area contributed by atoms with E-state index < -0.39 is 5.41 Å². The van der Waals surface area contributed by atoms with Gasteiger partial charge in [-0.05, 0) is 25.0 Å². The molecule has 1 N–H and O–H groups in total. The summed E-state index contributed by atoms with van der Waals surface area (Å²) >= 11 is 5.93. The number of urea groups is 1. The highest BCUT2D eigenvalue weighted by molar-refractivity contribution is 6.20. The maximum atomic E-state index is 12.4. The van der Waals surface area contributed by atoms with Crippen LogP contribution in [-0.4, -0.2) is 49.6 Å². The van der Waals surface area contributed by atoms with Crippen LogP contribution in [0.2, 0.25) is 0 Å². The Balaban J connectivity index is 2.04. The number of esters is 1. The Labute approximate surface area is 147 Å². The molecule has 0 aromatic heterocycles. The molecule has 6 nitrogen and oxygen atoms in total. The molecule has 0 radical (unpaired) electrons. The first-order valence-electron chi connectivity index (χ1n) is 7.96. The molecule has 1 heterocycles. The van der Waals surface area contributed by atoms with Crippen LogP contribution in [0.5, 0.6) is 5.75 Å². The molecule has 2 rings (SSSR count). The molecule has 1 aromatic carbocycles. The predicted octanol–water partition coefficient (Wildman–Crippen LogP) is 2.89. The molecule has 0 unspecified atom stereocenters. The average molecular weight is 355 g/mol. The minimum atomic E-state index is -0.801. The monoisotopic (exact) mass is 354 g/mol. The zero-order valence-corrected chi connectivity index (χ0v) is 15.0. The second-order valence-corrected chi connectivity index (χ2v) is 6.04. The van der Waals surface area contributed by atoms with Gasteiger partial charge >= 0.3 is 12.0 Å². The molecule has 0 atom stereocenters. The molecule has 0 spiro atoms. The molecule has 0 bridgehead atoms. The van der Waals surface area contributed by atoms with Crippen molar-refractivity contribution in [2.75, 3.05) is 38.0 Å². The molecule has 24 heavy (non-hydrogen) atoms. The van der Waals surface area contributed by atoms with Gasteiger partial charge in [-0.1, -0.05) is 19.1 Å². The van der Waals surface area contributed by atoms with Gasteiger partial charge in [0.1, 0.15) is 11.2 Å². The van der Waals surface area contributed by atoms with Crippen LogP contribution in [0.4, 0.5) is 10.5 Å². The lowest BCUT2D eigenvalue weighted by Crippen LogP contribution is -2.64. The van der Waals surface area contributed by atoms with E-state index in [1.54, 1.807) is 20.1 Å². The van der Waals surface area contributed by atoms with Crippen LogP contribution < -0.4 is 10.1 Å². The number of nitrogens with zero attached hydrogens (tertiary/aromatic N) is 1. The molecule has 1 saturated heterocycles. The van der Waals surface area contributed by atoms with Gasteiger partial charge in [-0.15, -0.1) is 11.6 Å². The predicted molar refractivity (Wildman–Crippen MR) is 92.7 cm³/mol. The average Bonchev–Trinajstić information content (AvgIpc) is 2.54. The van der Waals surface area contributed by atoms with E-state index in [1.807, 2.05) is 19.1 Å². The largest absolute Gasteiger partial charge is 0.494 e. The minimum Gasteiger partial charge on any atom is -0.494 e. The van der Waals surface area contributed by atoms with Gasteiger partial charge in [0.05, 0.1) is 19.4 Å². The quantitative estimate of drug-likeness (QED) is 0.630. The number of ether oxygens (including phenoxy) is 2. The van der Waals surface area contributed by atoms with Crippen molar-refractivity contribution in [3.63, 3.8) is 0 Å². The molecule has 0 aliphatic carbocycles. The molecule has 1 aliphatic rings. The van der Waals surface area contributed by atoms with E-state index >= 15 is 0 Å². The van der Waals surface area contributed by atoms with E-state index in [1.165, 1.54) is 4.90 Å². The van der Waals surface area contributed by atoms with Gasteiger partial charge < -0.3 is 19.7 Å². The summed E-state index contributed by atoms with van der Waals surface area (Å²) < 4.78 is 10.5. The summed E-state index contributed by atoms with van der Waals surface area (Å²) in [6, 6.07) is 5.33. The van der Waals surface area contributed by atoms with Gasteiger partial charge in [-0.3, -0.25) is 4.79 Å². The van der Waals surface area contributed by atoms with Gasteiger partial charge in [0.2, 0.25) is 0 Å². The summed E-state index contributed by atoms with van der Waals surface area (Å²) in [5.41, 5.74) is 0.825. The third kappa shape index (κ3) is 3.43. The van der Waals surface area contributed by atoms with Crippen molar-refractivity contribution >= 4 is 29.3 Å². The summed E-state index contributed by atoms with van der Waals surface area (Å²) in [6.45, 7) is 4.56. The fourth-order valence-electron chi connectivity index (χ4n) is 2.78. The van der Waals surface area contributed by atoms with E-state index in [0.717, 1.165) is 12.0 Å². The van der Waals surface area contributed by atoms with Gasteiger partial charge in [0.25, 0.3) is 0 Å². The van der Waals surface area contributed by atoms with Crippen molar-refractivity contribution in [1.82, 2.24) is 4.90 Å². The molecule has 1 fully saturated rings. The Morgan fingerprint density at radius 3 is 2.58 bits per heavy atom. The number of aryl methyl sites for hydroxylation is 1. The summed E-state index contributed by atoms with van der Waals surface area (Å²) in [4.78, 5) is 26.0. The highest BCUT2D eigenvalue weighted by Crippen LogP contribution is 2.35. The number of rotatable bonds is 6. The number of halogens is 1. The molecule has 7 heteroatoms.